The topological polar surface area (TPSA) is 59.5 Å². The van der Waals surface area contributed by atoms with Crippen molar-refractivity contribution in [2.24, 2.45) is 23.2 Å². The molecule has 3 aliphatic carbocycles. The molecule has 2 heterocycles. The third kappa shape index (κ3) is 2.49. The first-order valence-electron chi connectivity index (χ1n) is 8.51. The molecule has 0 radical (unpaired) electrons. The molecule has 1 aromatic rings. The van der Waals surface area contributed by atoms with Crippen LogP contribution in [0.15, 0.2) is 11.0 Å². The average Bonchev–Trinajstić information content (AvgIpc) is 3.32. The maximum Gasteiger partial charge on any atom is 0.287 e. The van der Waals surface area contributed by atoms with Gasteiger partial charge in [-0.2, -0.15) is 5.10 Å². The smallest absolute Gasteiger partial charge is 0.287 e. The van der Waals surface area contributed by atoms with Crippen LogP contribution in [0.25, 0.3) is 0 Å². The van der Waals surface area contributed by atoms with Crippen LogP contribution < -0.4 is 10.9 Å². The molecule has 2 bridgehead atoms. The molecule has 1 aromatic heterocycles. The minimum Gasteiger partial charge on any atom is -0.379 e. The Hall–Kier alpha value is -1.07. The van der Waals surface area contributed by atoms with Crippen LogP contribution in [0, 0.1) is 23.2 Å². The number of halogens is 1. The SMILES string of the molecule is C[C@H]1[C@H]2C[C@H](C[C@H]1Nc1cnn(C[C@@H]3CO3)c(=O)c1Cl)C2(C)C. The van der Waals surface area contributed by atoms with Crippen LogP contribution in [0.4, 0.5) is 5.69 Å². The van der Waals surface area contributed by atoms with E-state index in [1.54, 1.807) is 6.20 Å². The van der Waals surface area contributed by atoms with Gasteiger partial charge in [0.1, 0.15) is 11.1 Å². The maximum atomic E-state index is 12.3. The van der Waals surface area contributed by atoms with Crippen LogP contribution in [-0.4, -0.2) is 28.5 Å². The summed E-state index contributed by atoms with van der Waals surface area (Å²) < 4.78 is 6.55. The summed E-state index contributed by atoms with van der Waals surface area (Å²) >= 11 is 6.30. The molecule has 3 saturated carbocycles. The van der Waals surface area contributed by atoms with Gasteiger partial charge >= 0.3 is 0 Å². The summed E-state index contributed by atoms with van der Waals surface area (Å²) in [6, 6.07) is 0.369. The number of aromatic nitrogens is 2. The summed E-state index contributed by atoms with van der Waals surface area (Å²) in [4.78, 5) is 12.3. The number of anilines is 1. The van der Waals surface area contributed by atoms with Crippen LogP contribution in [0.5, 0.6) is 0 Å². The van der Waals surface area contributed by atoms with Gasteiger partial charge in [-0.1, -0.05) is 32.4 Å². The van der Waals surface area contributed by atoms with Gasteiger partial charge in [0, 0.05) is 6.04 Å². The predicted molar refractivity (Wildman–Crippen MR) is 89.8 cm³/mol. The molecular formula is C17H24ClN3O2. The van der Waals surface area contributed by atoms with Crippen molar-refractivity contribution < 1.29 is 4.74 Å². The lowest BCUT2D eigenvalue weighted by Gasteiger charge is -2.62. The number of nitrogens with zero attached hydrogens (tertiary/aromatic N) is 2. The van der Waals surface area contributed by atoms with E-state index in [2.05, 4.69) is 31.2 Å². The lowest BCUT2D eigenvalue weighted by molar-refractivity contribution is -0.105. The first kappa shape index (κ1) is 15.5. The molecule has 23 heavy (non-hydrogen) atoms. The van der Waals surface area contributed by atoms with Crippen molar-refractivity contribution in [2.45, 2.75) is 52.3 Å². The van der Waals surface area contributed by atoms with Crippen molar-refractivity contribution in [1.82, 2.24) is 9.78 Å². The molecule has 1 N–H and O–H groups in total. The van der Waals surface area contributed by atoms with E-state index in [-0.39, 0.29) is 16.7 Å². The fourth-order valence-electron chi connectivity index (χ4n) is 4.60. The summed E-state index contributed by atoms with van der Waals surface area (Å²) in [5, 5.41) is 7.98. The molecule has 6 heteroatoms. The highest BCUT2D eigenvalue weighted by Crippen LogP contribution is 2.61. The monoisotopic (exact) mass is 337 g/mol. The maximum absolute atomic E-state index is 12.3. The van der Waals surface area contributed by atoms with Gasteiger partial charge in [-0.25, -0.2) is 4.68 Å². The van der Waals surface area contributed by atoms with Crippen LogP contribution in [0.1, 0.15) is 33.6 Å². The molecular weight excluding hydrogens is 314 g/mol. The number of rotatable bonds is 4. The Balaban J connectivity index is 1.51. The summed E-state index contributed by atoms with van der Waals surface area (Å²) in [7, 11) is 0. The molecule has 4 fully saturated rings. The van der Waals surface area contributed by atoms with Crippen molar-refractivity contribution >= 4 is 17.3 Å². The molecule has 5 nitrogen and oxygen atoms in total. The first-order chi connectivity index (χ1) is 10.9. The molecule has 0 spiro atoms. The van der Waals surface area contributed by atoms with Gasteiger partial charge in [0.15, 0.2) is 0 Å². The van der Waals surface area contributed by atoms with Gasteiger partial charge < -0.3 is 10.1 Å². The Kier molecular flexibility index (Phi) is 3.50. The number of hydrogen-bond acceptors (Lipinski definition) is 4. The Morgan fingerprint density at radius 3 is 2.83 bits per heavy atom. The zero-order valence-corrected chi connectivity index (χ0v) is 14.6. The molecule has 0 aromatic carbocycles. The van der Waals surface area contributed by atoms with E-state index < -0.39 is 0 Å². The third-order valence-corrected chi connectivity index (χ3v) is 6.82. The number of epoxide rings is 1. The van der Waals surface area contributed by atoms with Gasteiger partial charge in [0.25, 0.3) is 5.56 Å². The fraction of sp³-hybridized carbons (Fsp3) is 0.765. The van der Waals surface area contributed by atoms with E-state index in [9.17, 15) is 4.79 Å². The largest absolute Gasteiger partial charge is 0.379 e. The van der Waals surface area contributed by atoms with E-state index in [4.69, 9.17) is 16.3 Å². The van der Waals surface area contributed by atoms with Gasteiger partial charge in [0.2, 0.25) is 0 Å². The second kappa shape index (κ2) is 5.21. The van der Waals surface area contributed by atoms with Crippen molar-refractivity contribution in [1.29, 1.82) is 0 Å². The zero-order chi connectivity index (χ0) is 16.4. The van der Waals surface area contributed by atoms with E-state index in [0.717, 1.165) is 18.3 Å². The lowest BCUT2D eigenvalue weighted by atomic mass is 9.45. The molecule has 0 amide bonds. The van der Waals surface area contributed by atoms with Gasteiger partial charge in [-0.3, -0.25) is 4.79 Å². The van der Waals surface area contributed by atoms with Crippen LogP contribution in [0.3, 0.4) is 0 Å². The molecule has 5 atom stereocenters. The minimum absolute atomic E-state index is 0.114. The quantitative estimate of drug-likeness (QED) is 0.858. The Labute approximate surface area is 141 Å². The van der Waals surface area contributed by atoms with Crippen molar-refractivity contribution in [3.8, 4) is 0 Å². The van der Waals surface area contributed by atoms with E-state index in [1.807, 2.05) is 0 Å². The molecule has 1 aliphatic heterocycles. The molecule has 1 saturated heterocycles. The summed E-state index contributed by atoms with van der Waals surface area (Å²) in [6.45, 7) is 8.26. The first-order valence-corrected chi connectivity index (χ1v) is 8.89. The van der Waals surface area contributed by atoms with E-state index >= 15 is 0 Å². The number of nitrogens with one attached hydrogen (secondary N) is 1. The van der Waals surface area contributed by atoms with Crippen molar-refractivity contribution in [2.75, 3.05) is 11.9 Å². The summed E-state index contributed by atoms with van der Waals surface area (Å²) in [6.07, 6.45) is 4.27. The molecule has 4 aliphatic rings. The van der Waals surface area contributed by atoms with Gasteiger partial charge in [0.05, 0.1) is 25.0 Å². The fourth-order valence-corrected chi connectivity index (χ4v) is 4.80. The highest BCUT2D eigenvalue weighted by molar-refractivity contribution is 6.32. The zero-order valence-electron chi connectivity index (χ0n) is 13.9. The highest BCUT2D eigenvalue weighted by atomic mass is 35.5. The minimum atomic E-state index is -0.235. The standard InChI is InChI=1S/C17H24ClN3O2/c1-9-12-4-10(17(12,2)3)5-13(9)20-14-6-19-21(7-11-8-23-11)16(22)15(14)18/h6,9-13,20H,4-5,7-8H2,1-3H3/t9-,10+,11+,12+,13+/m0/s1. The second-order valence-corrected chi connectivity index (χ2v) is 8.40. The number of fused-ring (bicyclic) bond motifs is 2. The van der Waals surface area contributed by atoms with E-state index in [1.165, 1.54) is 11.1 Å². The predicted octanol–water partition coefficient (Wildman–Crippen LogP) is 2.78. The van der Waals surface area contributed by atoms with Crippen LogP contribution in [0.2, 0.25) is 5.02 Å². The summed E-state index contributed by atoms with van der Waals surface area (Å²) in [5.74, 6) is 2.09. The van der Waals surface area contributed by atoms with Crippen molar-refractivity contribution in [3.63, 3.8) is 0 Å². The Bertz CT molecular complexity index is 683. The number of hydrogen-bond donors (Lipinski definition) is 1. The van der Waals surface area contributed by atoms with Gasteiger partial charge in [-0.05, 0) is 36.0 Å². The average molecular weight is 338 g/mol. The molecule has 0 unspecified atom stereocenters. The normalized spacial score (nSPS) is 37.1. The lowest BCUT2D eigenvalue weighted by Crippen LogP contribution is -2.58. The van der Waals surface area contributed by atoms with Crippen LogP contribution >= 0.6 is 11.6 Å². The highest BCUT2D eigenvalue weighted by Gasteiger charge is 2.56. The van der Waals surface area contributed by atoms with Gasteiger partial charge in [-0.15, -0.1) is 0 Å². The van der Waals surface area contributed by atoms with Crippen LogP contribution in [-0.2, 0) is 11.3 Å². The molecule has 5 rings (SSSR count). The van der Waals surface area contributed by atoms with E-state index in [0.29, 0.717) is 36.2 Å². The summed E-state index contributed by atoms with van der Waals surface area (Å²) in [5.41, 5.74) is 0.884. The van der Waals surface area contributed by atoms with Crippen molar-refractivity contribution in [3.05, 3.63) is 21.6 Å². The number of ether oxygens (including phenoxy) is 1. The Morgan fingerprint density at radius 1 is 1.48 bits per heavy atom. The Morgan fingerprint density at radius 2 is 2.22 bits per heavy atom. The molecule has 126 valence electrons. The second-order valence-electron chi connectivity index (χ2n) is 8.02. The third-order valence-electron chi connectivity index (χ3n) is 6.46.